The largest absolute Gasteiger partial charge is 0.453 e. The van der Waals surface area contributed by atoms with Crippen LogP contribution in [0.1, 0.15) is 102 Å². The molecule has 2 aliphatic carbocycles. The summed E-state index contributed by atoms with van der Waals surface area (Å²) in [6, 6.07) is 15.5. The first-order valence-corrected chi connectivity index (χ1v) is 23.5. The van der Waals surface area contributed by atoms with Gasteiger partial charge in [-0.2, -0.15) is 0 Å². The highest BCUT2D eigenvalue weighted by Gasteiger charge is 2.43. The third kappa shape index (κ3) is 9.31. The Morgan fingerprint density at radius 2 is 1.38 bits per heavy atom. The Morgan fingerprint density at radius 3 is 2.03 bits per heavy atom. The van der Waals surface area contributed by atoms with Crippen LogP contribution in [0.25, 0.3) is 33.2 Å². The van der Waals surface area contributed by atoms with Crippen molar-refractivity contribution >= 4 is 46.3 Å². The van der Waals surface area contributed by atoms with Crippen LogP contribution in [0.15, 0.2) is 59.4 Å². The Hall–Kier alpha value is -6.09. The molecule has 3 aromatic carbocycles. The minimum atomic E-state index is -0.780. The number of benzene rings is 3. The van der Waals surface area contributed by atoms with Crippen molar-refractivity contribution in [3.63, 3.8) is 0 Å². The van der Waals surface area contributed by atoms with E-state index in [9.17, 15) is 28.8 Å². The number of alkyl carbamates (subject to hydrolysis) is 1. The lowest BCUT2D eigenvalue weighted by molar-refractivity contribution is -0.141. The van der Waals surface area contributed by atoms with Gasteiger partial charge in [-0.15, -0.1) is 0 Å². The van der Waals surface area contributed by atoms with Crippen molar-refractivity contribution < 1.29 is 33.4 Å². The summed E-state index contributed by atoms with van der Waals surface area (Å²) in [5.41, 5.74) is 7.98. The minimum Gasteiger partial charge on any atom is -0.453 e. The summed E-state index contributed by atoms with van der Waals surface area (Å²) in [5.74, 6) is -1.05. The number of carbonyl (C=O) groups excluding carboxylic acids is 5. The molecule has 8 rings (SSSR count). The van der Waals surface area contributed by atoms with E-state index in [-0.39, 0.29) is 53.0 Å². The van der Waals surface area contributed by atoms with Crippen molar-refractivity contribution in [3.05, 3.63) is 81.9 Å². The zero-order valence-electron chi connectivity index (χ0n) is 39.0. The van der Waals surface area contributed by atoms with Crippen LogP contribution < -0.4 is 21.5 Å². The number of methoxy groups -OCH3 is 2. The van der Waals surface area contributed by atoms with E-state index in [2.05, 4.69) is 33.1 Å². The molecule has 15 heteroatoms. The summed E-state index contributed by atoms with van der Waals surface area (Å²) >= 11 is 0. The number of ether oxygens (including phenoxy) is 2. The van der Waals surface area contributed by atoms with E-state index in [4.69, 9.17) is 14.5 Å². The number of hydrogen-bond acceptors (Lipinski definition) is 9. The fraction of sp³-hybridized carbons (Fsp3) is 0.510. The van der Waals surface area contributed by atoms with Gasteiger partial charge in [0.15, 0.2) is 0 Å². The maximum Gasteiger partial charge on any atom is 0.407 e. The van der Waals surface area contributed by atoms with E-state index in [1.807, 2.05) is 70.2 Å². The van der Waals surface area contributed by atoms with Gasteiger partial charge in [-0.1, -0.05) is 70.9 Å². The van der Waals surface area contributed by atoms with Crippen molar-refractivity contribution in [1.29, 1.82) is 0 Å². The molecule has 3 heterocycles. The lowest BCUT2D eigenvalue weighted by Crippen LogP contribution is -2.54. The van der Waals surface area contributed by atoms with Gasteiger partial charge in [-0.05, 0) is 126 Å². The molecule has 4 aromatic rings. The molecule has 0 bridgehead atoms. The molecule has 1 aromatic heterocycles. The van der Waals surface area contributed by atoms with E-state index in [1.54, 1.807) is 9.80 Å². The second-order valence-corrected chi connectivity index (χ2v) is 19.4. The summed E-state index contributed by atoms with van der Waals surface area (Å²) in [6.45, 7) is 8.25. The maximum absolute atomic E-state index is 13.9. The van der Waals surface area contributed by atoms with Crippen LogP contribution in [0.5, 0.6) is 0 Å². The molecule has 4 atom stereocenters. The van der Waals surface area contributed by atoms with Gasteiger partial charge in [0, 0.05) is 25.9 Å². The molecule has 2 saturated heterocycles. The van der Waals surface area contributed by atoms with Gasteiger partial charge < -0.3 is 40.2 Å². The van der Waals surface area contributed by atoms with Crippen molar-refractivity contribution in [2.75, 3.05) is 39.2 Å². The minimum absolute atomic E-state index is 0.149. The molecule has 15 nitrogen and oxygen atoms in total. The Labute approximate surface area is 385 Å². The molecule has 4 aliphatic rings. The lowest BCUT2D eigenvalue weighted by atomic mass is 9.82. The number of nitrogens with one attached hydrogen (secondary N) is 4. The average Bonchev–Trinajstić information content (AvgIpc) is 4.15. The maximum atomic E-state index is 13.9. The first-order chi connectivity index (χ1) is 31.7. The first-order valence-electron chi connectivity index (χ1n) is 23.5. The molecule has 350 valence electrons. The monoisotopic (exact) mass is 901 g/mol. The van der Waals surface area contributed by atoms with Crippen LogP contribution in [-0.4, -0.2) is 102 Å². The molecule has 1 spiro atoms. The Kier molecular flexibility index (Phi) is 13.7. The second-order valence-electron chi connectivity index (χ2n) is 19.4. The third-order valence-corrected chi connectivity index (χ3v) is 14.3. The van der Waals surface area contributed by atoms with Crippen molar-refractivity contribution in [1.82, 2.24) is 30.4 Å². The van der Waals surface area contributed by atoms with Gasteiger partial charge in [0.2, 0.25) is 23.6 Å². The van der Waals surface area contributed by atoms with E-state index < -0.39 is 30.3 Å². The molecule has 2 aliphatic heterocycles. The number of fused-ring (bicyclic) bond motifs is 2. The second kappa shape index (κ2) is 19.4. The van der Waals surface area contributed by atoms with Crippen LogP contribution in [0.3, 0.4) is 0 Å². The Bertz CT molecular complexity index is 2560. The van der Waals surface area contributed by atoms with Crippen LogP contribution in [0.4, 0.5) is 10.5 Å². The standard InChI is InChI=1S/C51H63N7O8/c1-29(2)43(54-42(59)28-65-5)48(62)58-24-10-12-41(58)47(61)52-33-16-13-31(14-17-33)34-18-19-35(38-27-51(26-37(34)38)21-7-8-22-51)32-15-20-39-36(25-32)46(60)56-45(53-39)40-11-9-23-57(40)49(63)44(30(3)4)55-50(64)66-6/h13-20,25,29-30,40-41,43-44H,7-12,21-24,26-28H2,1-6H3,(H,52,61)(H,54,59)(H,55,64)(H,53,56,60)/t40?,41-,43-,44-/m0/s1. The predicted molar refractivity (Wildman–Crippen MR) is 251 cm³/mol. The van der Waals surface area contributed by atoms with Crippen LogP contribution in [-0.2, 0) is 41.5 Å². The number of anilines is 1. The lowest BCUT2D eigenvalue weighted by Gasteiger charge is -2.30. The summed E-state index contributed by atoms with van der Waals surface area (Å²) in [6.07, 6.45) is 8.63. The van der Waals surface area contributed by atoms with Crippen LogP contribution >= 0.6 is 0 Å². The normalized spacial score (nSPS) is 19.6. The fourth-order valence-electron chi connectivity index (χ4n) is 10.9. The van der Waals surface area contributed by atoms with Crippen LogP contribution in [0, 0.1) is 17.3 Å². The van der Waals surface area contributed by atoms with Gasteiger partial charge in [0.1, 0.15) is 30.6 Å². The Morgan fingerprint density at radius 1 is 0.773 bits per heavy atom. The topological polar surface area (TPSA) is 192 Å². The quantitative estimate of drug-likeness (QED) is 0.113. The highest BCUT2D eigenvalue weighted by Crippen LogP contribution is 2.53. The third-order valence-electron chi connectivity index (χ3n) is 14.3. The number of hydrogen-bond donors (Lipinski definition) is 4. The van der Waals surface area contributed by atoms with Gasteiger partial charge in [-0.3, -0.25) is 24.0 Å². The SMILES string of the molecule is COCC(=O)N[C@H](C(=O)N1CCC[C@H]1C(=O)Nc1ccc(-c2ccc(-c3ccc4nc(C5CCCN5C(=O)[C@@H](NC(=O)OC)C(C)C)[nH]c(=O)c4c3)c3c2CC2(CCCC2)C3)cc1)C(C)C. The smallest absolute Gasteiger partial charge is 0.407 e. The number of likely N-dealkylation sites (tertiary alicyclic amines) is 2. The number of carbonyl (C=O) groups is 5. The number of aromatic amines is 1. The zero-order valence-corrected chi connectivity index (χ0v) is 39.0. The number of amides is 5. The number of H-pyrrole nitrogens is 1. The van der Waals surface area contributed by atoms with Gasteiger partial charge in [-0.25, -0.2) is 9.78 Å². The van der Waals surface area contributed by atoms with Crippen molar-refractivity contribution in [2.45, 2.75) is 116 Å². The van der Waals surface area contributed by atoms with E-state index in [0.29, 0.717) is 54.8 Å². The fourth-order valence-corrected chi connectivity index (χ4v) is 10.9. The van der Waals surface area contributed by atoms with Crippen molar-refractivity contribution in [3.8, 4) is 22.3 Å². The van der Waals surface area contributed by atoms with Gasteiger partial charge in [0.25, 0.3) is 5.56 Å². The number of aromatic nitrogens is 2. The molecule has 1 unspecified atom stereocenters. The summed E-state index contributed by atoms with van der Waals surface area (Å²) in [4.78, 5) is 90.7. The number of nitrogens with zero attached hydrogens (tertiary/aromatic N) is 3. The van der Waals surface area contributed by atoms with E-state index >= 15 is 0 Å². The van der Waals surface area contributed by atoms with Gasteiger partial charge >= 0.3 is 6.09 Å². The van der Waals surface area contributed by atoms with Gasteiger partial charge in [0.05, 0.1) is 24.1 Å². The molecular formula is C51H63N7O8. The summed E-state index contributed by atoms with van der Waals surface area (Å²) < 4.78 is 9.73. The first kappa shape index (κ1) is 46.4. The summed E-state index contributed by atoms with van der Waals surface area (Å²) in [7, 11) is 2.69. The highest BCUT2D eigenvalue weighted by atomic mass is 16.5. The molecule has 4 N–H and O–H groups in total. The zero-order chi connectivity index (χ0) is 46.9. The molecule has 0 radical (unpaired) electrons. The molecule has 66 heavy (non-hydrogen) atoms. The van der Waals surface area contributed by atoms with Crippen LogP contribution in [0.2, 0.25) is 0 Å². The molecule has 5 amide bonds. The summed E-state index contributed by atoms with van der Waals surface area (Å²) in [5, 5.41) is 8.98. The Balaban J connectivity index is 1.03. The predicted octanol–water partition coefficient (Wildman–Crippen LogP) is 6.68. The van der Waals surface area contributed by atoms with E-state index in [1.165, 1.54) is 51.0 Å². The molecular weight excluding hydrogens is 839 g/mol. The highest BCUT2D eigenvalue weighted by molar-refractivity contribution is 5.99. The van der Waals surface area contributed by atoms with E-state index in [0.717, 1.165) is 41.5 Å². The number of rotatable bonds is 13. The average molecular weight is 902 g/mol. The molecule has 1 saturated carbocycles. The molecule has 3 fully saturated rings. The van der Waals surface area contributed by atoms with Crippen molar-refractivity contribution in [2.24, 2.45) is 17.3 Å².